The van der Waals surface area contributed by atoms with Crippen molar-refractivity contribution in [2.45, 2.75) is 32.3 Å². The Morgan fingerprint density at radius 3 is 2.53 bits per heavy atom. The van der Waals surface area contributed by atoms with Crippen LogP contribution in [0.15, 0.2) is 28.8 Å². The summed E-state index contributed by atoms with van der Waals surface area (Å²) in [5.41, 5.74) is 6.78. The lowest BCUT2D eigenvalue weighted by atomic mass is 9.96. The molecule has 2 aromatic rings. The van der Waals surface area contributed by atoms with E-state index in [9.17, 15) is 0 Å². The molecule has 0 saturated carbocycles. The summed E-state index contributed by atoms with van der Waals surface area (Å²) in [5.74, 6) is 0.995. The number of para-hydroxylation sites is 1. The van der Waals surface area contributed by atoms with Gasteiger partial charge in [-0.2, -0.15) is 4.98 Å². The molecule has 1 aromatic heterocycles. The van der Waals surface area contributed by atoms with Crippen molar-refractivity contribution in [2.24, 2.45) is 0 Å². The predicted molar refractivity (Wildman–Crippen MR) is 73.4 cm³/mol. The monoisotopic (exact) mass is 261 g/mol. The molecule has 0 aliphatic rings. The number of hydrogen-bond acceptors (Lipinski definition) is 5. The maximum Gasteiger partial charge on any atom is 0.260 e. The molecule has 5 nitrogen and oxygen atoms in total. The molecule has 102 valence electrons. The van der Waals surface area contributed by atoms with Crippen LogP contribution >= 0.6 is 0 Å². The zero-order valence-electron chi connectivity index (χ0n) is 11.5. The third kappa shape index (κ3) is 2.33. The molecule has 0 aliphatic heterocycles. The molecular formula is C14H19N3O2. The van der Waals surface area contributed by atoms with Crippen LogP contribution in [0, 0.1) is 0 Å². The third-order valence-electron chi connectivity index (χ3n) is 3.56. The first-order valence-electron chi connectivity index (χ1n) is 6.41. The first-order chi connectivity index (χ1) is 9.16. The summed E-state index contributed by atoms with van der Waals surface area (Å²) in [6, 6.07) is 7.42. The van der Waals surface area contributed by atoms with Gasteiger partial charge in [-0.15, -0.1) is 0 Å². The van der Waals surface area contributed by atoms with Gasteiger partial charge in [0.25, 0.3) is 5.89 Å². The zero-order valence-corrected chi connectivity index (χ0v) is 11.5. The molecule has 0 saturated heterocycles. The number of nitrogens with zero attached hydrogens (tertiary/aromatic N) is 2. The van der Waals surface area contributed by atoms with E-state index in [1.807, 2.05) is 38.1 Å². The van der Waals surface area contributed by atoms with Gasteiger partial charge >= 0.3 is 0 Å². The highest BCUT2D eigenvalue weighted by Gasteiger charge is 2.33. The van der Waals surface area contributed by atoms with E-state index in [2.05, 4.69) is 10.1 Å². The SMILES string of the molecule is CCC(CC)(OC)c1noc(-c2ccccc2N)n1. The van der Waals surface area contributed by atoms with Crippen molar-refractivity contribution in [3.8, 4) is 11.5 Å². The summed E-state index contributed by atoms with van der Waals surface area (Å²) in [7, 11) is 1.67. The Morgan fingerprint density at radius 2 is 1.95 bits per heavy atom. The standard InChI is InChI=1S/C14H19N3O2/c1-4-14(5-2,18-3)13-16-12(19-17-13)10-8-6-7-9-11(10)15/h6-9H,4-5,15H2,1-3H3. The first-order valence-corrected chi connectivity index (χ1v) is 6.41. The smallest absolute Gasteiger partial charge is 0.260 e. The Labute approximate surface area is 112 Å². The lowest BCUT2D eigenvalue weighted by Gasteiger charge is -2.25. The minimum atomic E-state index is -0.495. The quantitative estimate of drug-likeness (QED) is 0.837. The fourth-order valence-corrected chi connectivity index (χ4v) is 2.16. The van der Waals surface area contributed by atoms with Gasteiger partial charge in [-0.05, 0) is 25.0 Å². The first kappa shape index (κ1) is 13.5. The molecular weight excluding hydrogens is 242 g/mol. The van der Waals surface area contributed by atoms with E-state index < -0.39 is 5.60 Å². The fourth-order valence-electron chi connectivity index (χ4n) is 2.16. The third-order valence-corrected chi connectivity index (χ3v) is 3.56. The van der Waals surface area contributed by atoms with Crippen LogP contribution in [-0.2, 0) is 10.3 Å². The van der Waals surface area contributed by atoms with Gasteiger partial charge in [-0.3, -0.25) is 0 Å². The van der Waals surface area contributed by atoms with E-state index in [0.717, 1.165) is 18.4 Å². The molecule has 1 heterocycles. The Kier molecular flexibility index (Phi) is 3.85. The number of aromatic nitrogens is 2. The highest BCUT2D eigenvalue weighted by Crippen LogP contribution is 2.32. The summed E-state index contributed by atoms with van der Waals surface area (Å²) in [6.07, 6.45) is 1.56. The van der Waals surface area contributed by atoms with Crippen molar-refractivity contribution in [1.82, 2.24) is 10.1 Å². The van der Waals surface area contributed by atoms with Gasteiger partial charge in [0.1, 0.15) is 5.60 Å². The minimum absolute atomic E-state index is 0.427. The van der Waals surface area contributed by atoms with Crippen molar-refractivity contribution >= 4 is 5.69 Å². The average molecular weight is 261 g/mol. The van der Waals surface area contributed by atoms with Crippen molar-refractivity contribution in [2.75, 3.05) is 12.8 Å². The summed E-state index contributed by atoms with van der Waals surface area (Å²) in [4.78, 5) is 4.44. The molecule has 0 spiro atoms. The maximum absolute atomic E-state index is 5.91. The van der Waals surface area contributed by atoms with E-state index in [0.29, 0.717) is 17.4 Å². The van der Waals surface area contributed by atoms with E-state index in [4.69, 9.17) is 15.0 Å². The van der Waals surface area contributed by atoms with Crippen LogP contribution in [0.25, 0.3) is 11.5 Å². The molecule has 19 heavy (non-hydrogen) atoms. The second-order valence-corrected chi connectivity index (χ2v) is 4.42. The minimum Gasteiger partial charge on any atom is -0.398 e. The van der Waals surface area contributed by atoms with Crippen LogP contribution in [0.4, 0.5) is 5.69 Å². The van der Waals surface area contributed by atoms with E-state index >= 15 is 0 Å². The van der Waals surface area contributed by atoms with Gasteiger partial charge in [0.2, 0.25) is 5.82 Å². The number of ether oxygens (including phenoxy) is 1. The van der Waals surface area contributed by atoms with Crippen LogP contribution in [0.5, 0.6) is 0 Å². The summed E-state index contributed by atoms with van der Waals surface area (Å²) in [5, 5.41) is 4.05. The predicted octanol–water partition coefficient (Wildman–Crippen LogP) is 2.98. The van der Waals surface area contributed by atoms with Gasteiger partial charge in [0, 0.05) is 12.8 Å². The van der Waals surface area contributed by atoms with E-state index in [1.54, 1.807) is 7.11 Å². The van der Waals surface area contributed by atoms with Crippen LogP contribution in [0.3, 0.4) is 0 Å². The van der Waals surface area contributed by atoms with Crippen LogP contribution in [0.2, 0.25) is 0 Å². The number of rotatable bonds is 5. The van der Waals surface area contributed by atoms with Gasteiger partial charge in [-0.1, -0.05) is 31.1 Å². The lowest BCUT2D eigenvalue weighted by Crippen LogP contribution is -2.28. The molecule has 0 unspecified atom stereocenters. The van der Waals surface area contributed by atoms with Gasteiger partial charge in [0.15, 0.2) is 0 Å². The molecule has 0 bridgehead atoms. The summed E-state index contributed by atoms with van der Waals surface area (Å²) >= 11 is 0. The molecule has 2 rings (SSSR count). The topological polar surface area (TPSA) is 74.2 Å². The number of hydrogen-bond donors (Lipinski definition) is 1. The number of anilines is 1. The maximum atomic E-state index is 5.91. The number of nitrogen functional groups attached to an aromatic ring is 1. The van der Waals surface area contributed by atoms with Crippen molar-refractivity contribution in [1.29, 1.82) is 0 Å². The second kappa shape index (κ2) is 5.40. The van der Waals surface area contributed by atoms with E-state index in [1.165, 1.54) is 0 Å². The Hall–Kier alpha value is -1.88. The Bertz CT molecular complexity index is 539. The molecule has 0 atom stereocenters. The van der Waals surface area contributed by atoms with Crippen molar-refractivity contribution < 1.29 is 9.26 Å². The lowest BCUT2D eigenvalue weighted by molar-refractivity contribution is -0.0306. The normalized spacial score (nSPS) is 11.7. The van der Waals surface area contributed by atoms with Crippen LogP contribution in [-0.4, -0.2) is 17.3 Å². The van der Waals surface area contributed by atoms with Gasteiger partial charge in [-0.25, -0.2) is 0 Å². The average Bonchev–Trinajstić information content (AvgIpc) is 2.92. The highest BCUT2D eigenvalue weighted by atomic mass is 16.5. The molecule has 1 aromatic carbocycles. The van der Waals surface area contributed by atoms with Crippen LogP contribution < -0.4 is 5.73 Å². The molecule has 5 heteroatoms. The molecule has 2 N–H and O–H groups in total. The summed E-state index contributed by atoms with van der Waals surface area (Å²) in [6.45, 7) is 4.08. The molecule has 0 amide bonds. The molecule has 0 aliphatic carbocycles. The molecule has 0 fully saturated rings. The van der Waals surface area contributed by atoms with Crippen molar-refractivity contribution in [3.63, 3.8) is 0 Å². The number of methoxy groups -OCH3 is 1. The van der Waals surface area contributed by atoms with Crippen LogP contribution in [0.1, 0.15) is 32.5 Å². The largest absolute Gasteiger partial charge is 0.398 e. The van der Waals surface area contributed by atoms with E-state index in [-0.39, 0.29) is 0 Å². The Morgan fingerprint density at radius 1 is 1.26 bits per heavy atom. The number of benzene rings is 1. The number of nitrogens with two attached hydrogens (primary N) is 1. The van der Waals surface area contributed by atoms with Gasteiger partial charge < -0.3 is 15.0 Å². The molecule has 0 radical (unpaired) electrons. The van der Waals surface area contributed by atoms with Crippen molar-refractivity contribution in [3.05, 3.63) is 30.1 Å². The zero-order chi connectivity index (χ0) is 13.9. The fraction of sp³-hybridized carbons (Fsp3) is 0.429. The second-order valence-electron chi connectivity index (χ2n) is 4.42. The van der Waals surface area contributed by atoms with Gasteiger partial charge in [0.05, 0.1) is 5.56 Å². The highest BCUT2D eigenvalue weighted by molar-refractivity contribution is 5.69. The Balaban J connectivity index is 2.42. The summed E-state index contributed by atoms with van der Waals surface area (Å²) < 4.78 is 10.9.